The van der Waals surface area contributed by atoms with Crippen LogP contribution in [0.3, 0.4) is 0 Å². The van der Waals surface area contributed by atoms with Gasteiger partial charge in [0.25, 0.3) is 0 Å². The molecule has 0 unspecified atom stereocenters. The molecule has 2 aromatic carbocycles. The molecule has 2 rings (SSSR count). The van der Waals surface area contributed by atoms with Gasteiger partial charge in [-0.1, -0.05) is 26.0 Å². The maximum atomic E-state index is 14.4. The summed E-state index contributed by atoms with van der Waals surface area (Å²) < 4.78 is 25.4. The molecule has 27 heavy (non-hydrogen) atoms. The number of hydrogen-bond acceptors (Lipinski definition) is 4. The van der Waals surface area contributed by atoms with E-state index in [1.807, 2.05) is 30.3 Å². The molecule has 0 aliphatic carbocycles. The number of halogens is 1. The number of ether oxygens (including phenoxy) is 2. The van der Waals surface area contributed by atoms with Crippen molar-refractivity contribution in [2.45, 2.75) is 27.3 Å². The smallest absolute Gasteiger partial charge is 0.165 e. The van der Waals surface area contributed by atoms with Crippen molar-refractivity contribution >= 4 is 5.69 Å². The van der Waals surface area contributed by atoms with Gasteiger partial charge in [0.15, 0.2) is 11.6 Å². The number of methoxy groups -OCH3 is 1. The average Bonchev–Trinajstić information content (AvgIpc) is 2.70. The summed E-state index contributed by atoms with van der Waals surface area (Å²) in [5.41, 5.74) is 1.96. The van der Waals surface area contributed by atoms with Gasteiger partial charge in [0.05, 0.1) is 7.11 Å². The number of hydrogen-bond donors (Lipinski definition) is 0. The number of nitrogens with zero attached hydrogens (tertiary/aromatic N) is 2. The van der Waals surface area contributed by atoms with Crippen LogP contribution in [0, 0.1) is 5.82 Å². The Labute approximate surface area is 162 Å². The zero-order chi connectivity index (χ0) is 19.6. The van der Waals surface area contributed by atoms with E-state index in [1.165, 1.54) is 0 Å². The molecule has 0 N–H and O–H groups in total. The summed E-state index contributed by atoms with van der Waals surface area (Å²) in [6.07, 6.45) is 0. The molecule has 0 spiro atoms. The zero-order valence-corrected chi connectivity index (χ0v) is 16.9. The molecule has 0 atom stereocenters. The van der Waals surface area contributed by atoms with Gasteiger partial charge in [-0.15, -0.1) is 0 Å². The highest BCUT2D eigenvalue weighted by atomic mass is 19.1. The molecule has 0 amide bonds. The van der Waals surface area contributed by atoms with Crippen molar-refractivity contribution in [3.8, 4) is 11.5 Å². The summed E-state index contributed by atoms with van der Waals surface area (Å²) >= 11 is 0. The van der Waals surface area contributed by atoms with Crippen LogP contribution < -0.4 is 14.4 Å². The van der Waals surface area contributed by atoms with Crippen LogP contribution in [0.5, 0.6) is 11.5 Å². The highest BCUT2D eigenvalue weighted by molar-refractivity contribution is 5.51. The second kappa shape index (κ2) is 10.8. The SMILES string of the molecule is CCN(CC)CCOc1ccc(CN(CC)c2cccc(OC)c2)cc1F. The number of benzene rings is 2. The Hall–Kier alpha value is -2.27. The summed E-state index contributed by atoms with van der Waals surface area (Å²) in [6.45, 7) is 11.0. The Morgan fingerprint density at radius 2 is 1.74 bits per heavy atom. The fourth-order valence-corrected chi connectivity index (χ4v) is 3.00. The lowest BCUT2D eigenvalue weighted by Gasteiger charge is -2.24. The van der Waals surface area contributed by atoms with Crippen molar-refractivity contribution in [1.82, 2.24) is 4.90 Å². The first-order chi connectivity index (χ1) is 13.1. The molecular formula is C22H31FN2O2. The van der Waals surface area contributed by atoms with Crippen LogP contribution in [-0.4, -0.2) is 44.8 Å². The predicted molar refractivity (Wildman–Crippen MR) is 109 cm³/mol. The Bertz CT molecular complexity index is 704. The largest absolute Gasteiger partial charge is 0.497 e. The molecule has 0 aromatic heterocycles. The van der Waals surface area contributed by atoms with E-state index in [9.17, 15) is 4.39 Å². The van der Waals surface area contributed by atoms with Crippen LogP contribution in [0.1, 0.15) is 26.3 Å². The summed E-state index contributed by atoms with van der Waals surface area (Å²) in [6, 6.07) is 13.1. The minimum atomic E-state index is -0.311. The van der Waals surface area contributed by atoms with E-state index in [0.717, 1.165) is 43.2 Å². The first-order valence-corrected chi connectivity index (χ1v) is 9.63. The standard InChI is InChI=1S/C22H31FN2O2/c1-5-24(6-2)13-14-27-22-12-11-18(15-21(22)23)17-25(7-3)19-9-8-10-20(16-19)26-4/h8-12,15-16H,5-7,13-14,17H2,1-4H3. The molecule has 2 aromatic rings. The maximum absolute atomic E-state index is 14.4. The van der Waals surface area contributed by atoms with Gasteiger partial charge >= 0.3 is 0 Å². The van der Waals surface area contributed by atoms with Crippen molar-refractivity contribution in [1.29, 1.82) is 0 Å². The Morgan fingerprint density at radius 3 is 2.37 bits per heavy atom. The summed E-state index contributed by atoms with van der Waals surface area (Å²) in [4.78, 5) is 4.43. The van der Waals surface area contributed by atoms with Crippen LogP contribution in [0.2, 0.25) is 0 Å². The minimum Gasteiger partial charge on any atom is -0.497 e. The van der Waals surface area contributed by atoms with Crippen LogP contribution >= 0.6 is 0 Å². The molecule has 0 aliphatic rings. The molecule has 0 saturated carbocycles. The summed E-state index contributed by atoms with van der Waals surface area (Å²) in [5, 5.41) is 0. The van der Waals surface area contributed by atoms with Crippen molar-refractivity contribution in [3.63, 3.8) is 0 Å². The number of rotatable bonds is 11. The van der Waals surface area contributed by atoms with E-state index in [2.05, 4.69) is 30.6 Å². The van der Waals surface area contributed by atoms with Crippen LogP contribution in [0.4, 0.5) is 10.1 Å². The third-order valence-electron chi connectivity index (χ3n) is 4.73. The third kappa shape index (κ3) is 6.14. The van der Waals surface area contributed by atoms with E-state index in [1.54, 1.807) is 19.2 Å². The lowest BCUT2D eigenvalue weighted by atomic mass is 10.1. The topological polar surface area (TPSA) is 24.9 Å². The van der Waals surface area contributed by atoms with Gasteiger partial charge in [0.2, 0.25) is 0 Å². The normalized spacial score (nSPS) is 10.9. The van der Waals surface area contributed by atoms with E-state index in [0.29, 0.717) is 18.9 Å². The monoisotopic (exact) mass is 374 g/mol. The molecule has 0 aliphatic heterocycles. The molecule has 4 nitrogen and oxygen atoms in total. The minimum absolute atomic E-state index is 0.311. The molecule has 0 bridgehead atoms. The van der Waals surface area contributed by atoms with E-state index < -0.39 is 0 Å². The quantitative estimate of drug-likeness (QED) is 0.575. The van der Waals surface area contributed by atoms with Gasteiger partial charge in [-0.2, -0.15) is 0 Å². The second-order valence-corrected chi connectivity index (χ2v) is 6.36. The van der Waals surface area contributed by atoms with Gasteiger partial charge in [0.1, 0.15) is 12.4 Å². The third-order valence-corrected chi connectivity index (χ3v) is 4.73. The Morgan fingerprint density at radius 1 is 0.963 bits per heavy atom. The highest BCUT2D eigenvalue weighted by Crippen LogP contribution is 2.24. The zero-order valence-electron chi connectivity index (χ0n) is 16.9. The van der Waals surface area contributed by atoms with Gasteiger partial charge in [0, 0.05) is 31.4 Å². The van der Waals surface area contributed by atoms with E-state index in [-0.39, 0.29) is 5.82 Å². The fraction of sp³-hybridized carbons (Fsp3) is 0.455. The predicted octanol–water partition coefficient (Wildman–Crippen LogP) is 4.58. The molecule has 0 fully saturated rings. The van der Waals surface area contributed by atoms with E-state index >= 15 is 0 Å². The van der Waals surface area contributed by atoms with Crippen LogP contribution in [-0.2, 0) is 6.54 Å². The van der Waals surface area contributed by atoms with Crippen molar-refractivity contribution < 1.29 is 13.9 Å². The first-order valence-electron chi connectivity index (χ1n) is 9.63. The van der Waals surface area contributed by atoms with Gasteiger partial charge in [-0.25, -0.2) is 4.39 Å². The molecular weight excluding hydrogens is 343 g/mol. The molecule has 0 radical (unpaired) electrons. The summed E-state index contributed by atoms with van der Waals surface area (Å²) in [5.74, 6) is 0.818. The molecule has 0 saturated heterocycles. The average molecular weight is 375 g/mol. The van der Waals surface area contributed by atoms with Gasteiger partial charge in [-0.05, 0) is 49.8 Å². The number of likely N-dealkylation sites (N-methyl/N-ethyl adjacent to an activating group) is 1. The fourth-order valence-electron chi connectivity index (χ4n) is 3.00. The second-order valence-electron chi connectivity index (χ2n) is 6.36. The highest BCUT2D eigenvalue weighted by Gasteiger charge is 2.10. The van der Waals surface area contributed by atoms with Crippen molar-refractivity contribution in [2.75, 3.05) is 44.8 Å². The lowest BCUT2D eigenvalue weighted by Crippen LogP contribution is -2.28. The summed E-state index contributed by atoms with van der Waals surface area (Å²) in [7, 11) is 1.66. The molecule has 0 heterocycles. The Balaban J connectivity index is 2.01. The van der Waals surface area contributed by atoms with Crippen LogP contribution in [0.25, 0.3) is 0 Å². The van der Waals surface area contributed by atoms with Crippen LogP contribution in [0.15, 0.2) is 42.5 Å². The molecule has 148 valence electrons. The van der Waals surface area contributed by atoms with Gasteiger partial charge < -0.3 is 19.3 Å². The Kier molecular flexibility index (Phi) is 8.40. The molecule has 5 heteroatoms. The number of anilines is 1. The lowest BCUT2D eigenvalue weighted by molar-refractivity contribution is 0.217. The van der Waals surface area contributed by atoms with Crippen molar-refractivity contribution in [2.24, 2.45) is 0 Å². The van der Waals surface area contributed by atoms with Gasteiger partial charge in [-0.3, -0.25) is 0 Å². The maximum Gasteiger partial charge on any atom is 0.165 e. The van der Waals surface area contributed by atoms with E-state index in [4.69, 9.17) is 9.47 Å². The first kappa shape index (κ1) is 21.0. The van der Waals surface area contributed by atoms with Crippen molar-refractivity contribution in [3.05, 3.63) is 53.8 Å².